The Hall–Kier alpha value is -5.72. The maximum atomic E-state index is 6.54. The van der Waals surface area contributed by atoms with Crippen molar-refractivity contribution in [3.05, 3.63) is 144 Å². The van der Waals surface area contributed by atoms with Crippen LogP contribution < -0.4 is 5.32 Å². The topological polar surface area (TPSA) is 63.0 Å². The maximum Gasteiger partial charge on any atom is 0.159 e. The van der Waals surface area contributed by atoms with Gasteiger partial charge in [0.25, 0.3) is 0 Å². The Morgan fingerprint density at radius 3 is 2.13 bits per heavy atom. The summed E-state index contributed by atoms with van der Waals surface area (Å²) in [6.45, 7) is 0. The van der Waals surface area contributed by atoms with Crippen LogP contribution in [-0.2, 0) is 0 Å². The Bertz CT molecular complexity index is 2690. The van der Waals surface area contributed by atoms with Gasteiger partial charge in [0, 0.05) is 48.1 Å². The first-order valence-electron chi connectivity index (χ1n) is 14.9. The average Bonchev–Trinajstić information content (AvgIpc) is 3.79. The summed E-state index contributed by atoms with van der Waals surface area (Å²) in [7, 11) is 0. The van der Waals surface area contributed by atoms with E-state index in [1.54, 1.807) is 11.3 Å². The molecule has 1 atom stereocenters. The first kappa shape index (κ1) is 24.7. The molecule has 0 bridgehead atoms. The maximum absolute atomic E-state index is 6.54. The molecule has 6 heteroatoms. The molecule has 1 unspecified atom stereocenters. The summed E-state index contributed by atoms with van der Waals surface area (Å²) in [4.78, 5) is 10.4. The Morgan fingerprint density at radius 1 is 0.600 bits per heavy atom. The average molecular weight is 598 g/mol. The predicted molar refractivity (Wildman–Crippen MR) is 186 cm³/mol. The van der Waals surface area contributed by atoms with Crippen LogP contribution >= 0.6 is 11.3 Å². The Morgan fingerprint density at radius 2 is 1.29 bits per heavy atom. The molecule has 0 saturated carbocycles. The summed E-state index contributed by atoms with van der Waals surface area (Å²) in [6.07, 6.45) is -0.313. The monoisotopic (exact) mass is 597 g/mol. The minimum atomic E-state index is -0.313. The molecule has 0 radical (unpaired) electrons. The Labute approximate surface area is 260 Å². The number of nitrogens with zero attached hydrogens (tertiary/aromatic N) is 2. The van der Waals surface area contributed by atoms with Gasteiger partial charge in [-0.25, -0.2) is 9.98 Å². The first-order chi connectivity index (χ1) is 22.3. The number of fused-ring (bicyclic) bond motifs is 10. The van der Waals surface area contributed by atoms with Crippen LogP contribution in [0, 0.1) is 0 Å². The molecule has 6 aromatic carbocycles. The smallest absolute Gasteiger partial charge is 0.159 e. The second-order valence-corrected chi connectivity index (χ2v) is 12.4. The van der Waals surface area contributed by atoms with E-state index in [4.69, 9.17) is 18.8 Å². The van der Waals surface area contributed by atoms with Crippen LogP contribution in [0.5, 0.6) is 0 Å². The highest BCUT2D eigenvalue weighted by Crippen LogP contribution is 2.44. The highest BCUT2D eigenvalue weighted by molar-refractivity contribution is 7.26. The Balaban J connectivity index is 1.25. The number of furan rings is 2. The number of para-hydroxylation sites is 2. The molecule has 0 saturated heterocycles. The fourth-order valence-corrected chi connectivity index (χ4v) is 7.84. The molecule has 0 spiro atoms. The molecule has 9 aromatic rings. The molecule has 0 fully saturated rings. The fraction of sp³-hybridized carbons (Fsp3) is 0.0256. The minimum Gasteiger partial charge on any atom is -0.456 e. The van der Waals surface area contributed by atoms with Gasteiger partial charge in [0.05, 0.1) is 4.70 Å². The number of aliphatic imine (C=N–C) groups is 2. The highest BCUT2D eigenvalue weighted by Gasteiger charge is 2.26. The van der Waals surface area contributed by atoms with Crippen LogP contribution in [0.1, 0.15) is 22.9 Å². The fourth-order valence-electron chi connectivity index (χ4n) is 6.63. The molecular weight excluding hydrogens is 575 g/mol. The van der Waals surface area contributed by atoms with Crippen LogP contribution in [0.25, 0.3) is 64.0 Å². The normalized spacial score (nSPS) is 15.3. The highest BCUT2D eigenvalue weighted by atomic mass is 32.1. The van der Waals surface area contributed by atoms with Crippen LogP contribution in [0.2, 0.25) is 0 Å². The van der Waals surface area contributed by atoms with E-state index in [0.29, 0.717) is 5.84 Å². The zero-order valence-corrected chi connectivity index (χ0v) is 24.6. The van der Waals surface area contributed by atoms with Gasteiger partial charge in [0.1, 0.15) is 34.3 Å². The molecule has 5 nitrogen and oxygen atoms in total. The van der Waals surface area contributed by atoms with Crippen molar-refractivity contribution >= 4 is 87.1 Å². The molecule has 212 valence electrons. The summed E-state index contributed by atoms with van der Waals surface area (Å²) in [6, 6.07) is 43.8. The van der Waals surface area contributed by atoms with Gasteiger partial charge in [-0.15, -0.1) is 11.3 Å². The molecular formula is C39H23N3O2S. The third-order valence-corrected chi connectivity index (χ3v) is 9.94. The zero-order chi connectivity index (χ0) is 29.5. The van der Waals surface area contributed by atoms with Gasteiger partial charge in [-0.2, -0.15) is 0 Å². The summed E-state index contributed by atoms with van der Waals surface area (Å²) in [5, 5.41) is 10.3. The SMILES string of the molecule is c1ccc(C2N=C(c3ccc4oc5ccccc5c4c3)N=C(c3cc4c5ccccc5oc4c4c3sc3ccccc34)N2)cc1. The zero-order valence-electron chi connectivity index (χ0n) is 23.8. The number of thiophene rings is 1. The van der Waals surface area contributed by atoms with Crippen LogP contribution in [0.4, 0.5) is 0 Å². The van der Waals surface area contributed by atoms with Crippen molar-refractivity contribution in [2.75, 3.05) is 0 Å². The second kappa shape index (κ2) is 9.39. The van der Waals surface area contributed by atoms with E-state index in [1.165, 1.54) is 10.1 Å². The number of rotatable bonds is 3. The number of nitrogens with one attached hydrogen (secondary N) is 1. The van der Waals surface area contributed by atoms with Crippen molar-refractivity contribution in [1.82, 2.24) is 5.32 Å². The minimum absolute atomic E-state index is 0.313. The molecule has 1 aliphatic heterocycles. The summed E-state index contributed by atoms with van der Waals surface area (Å²) in [5.74, 6) is 1.46. The van der Waals surface area contributed by atoms with Gasteiger partial charge < -0.3 is 14.2 Å². The van der Waals surface area contributed by atoms with Gasteiger partial charge in [-0.3, -0.25) is 0 Å². The van der Waals surface area contributed by atoms with Crippen LogP contribution in [-0.4, -0.2) is 11.7 Å². The van der Waals surface area contributed by atoms with E-state index < -0.39 is 0 Å². The Kier molecular flexibility index (Phi) is 5.15. The predicted octanol–water partition coefficient (Wildman–Crippen LogP) is 10.3. The molecule has 0 aliphatic carbocycles. The third-order valence-electron chi connectivity index (χ3n) is 8.74. The molecule has 3 aromatic heterocycles. The summed E-state index contributed by atoms with van der Waals surface area (Å²) >= 11 is 1.77. The van der Waals surface area contributed by atoms with E-state index in [0.717, 1.165) is 76.5 Å². The van der Waals surface area contributed by atoms with Crippen molar-refractivity contribution in [2.45, 2.75) is 6.17 Å². The summed E-state index contributed by atoms with van der Waals surface area (Å²) < 4.78 is 15.0. The number of benzene rings is 6. The van der Waals surface area contributed by atoms with Crippen LogP contribution in [0.3, 0.4) is 0 Å². The van der Waals surface area contributed by atoms with Crippen molar-refractivity contribution in [1.29, 1.82) is 0 Å². The molecule has 4 heterocycles. The lowest BCUT2D eigenvalue weighted by Gasteiger charge is -2.24. The summed E-state index contributed by atoms with van der Waals surface area (Å²) in [5.41, 5.74) is 6.56. The van der Waals surface area contributed by atoms with Crippen molar-refractivity contribution < 1.29 is 8.83 Å². The van der Waals surface area contributed by atoms with E-state index >= 15 is 0 Å². The van der Waals surface area contributed by atoms with E-state index in [2.05, 4.69) is 90.2 Å². The molecule has 10 rings (SSSR count). The third kappa shape index (κ3) is 3.73. The number of amidine groups is 2. The van der Waals surface area contributed by atoms with Crippen molar-refractivity contribution in [3.63, 3.8) is 0 Å². The van der Waals surface area contributed by atoms with Gasteiger partial charge in [-0.1, -0.05) is 84.9 Å². The van der Waals surface area contributed by atoms with Gasteiger partial charge in [0.15, 0.2) is 5.84 Å². The largest absolute Gasteiger partial charge is 0.456 e. The van der Waals surface area contributed by atoms with E-state index in [9.17, 15) is 0 Å². The number of hydrogen-bond donors (Lipinski definition) is 1. The van der Waals surface area contributed by atoms with Gasteiger partial charge in [0.2, 0.25) is 0 Å². The molecule has 1 N–H and O–H groups in total. The van der Waals surface area contributed by atoms with Gasteiger partial charge >= 0.3 is 0 Å². The first-order valence-corrected chi connectivity index (χ1v) is 15.8. The lowest BCUT2D eigenvalue weighted by atomic mass is 10.0. The van der Waals surface area contributed by atoms with Gasteiger partial charge in [-0.05, 0) is 48.0 Å². The second-order valence-electron chi connectivity index (χ2n) is 11.4. The lowest BCUT2D eigenvalue weighted by molar-refractivity contribution is 0.668. The van der Waals surface area contributed by atoms with Crippen LogP contribution in [0.15, 0.2) is 146 Å². The standard InChI is InChI=1S/C39H23N3O2S/c1-2-10-22(11-3-1)37-40-38(23-18-19-32-27(20-23)24-12-4-7-15-30(24)43-32)42-39(41-37)29-21-28-25-13-5-8-16-31(25)44-35(28)34-26-14-6-9-17-33(26)45-36(29)34/h1-21,37H,(H,40,41,42). The van der Waals surface area contributed by atoms with Crippen molar-refractivity contribution in [2.24, 2.45) is 9.98 Å². The number of hydrogen-bond acceptors (Lipinski definition) is 6. The quantitative estimate of drug-likeness (QED) is 0.220. The molecule has 45 heavy (non-hydrogen) atoms. The van der Waals surface area contributed by atoms with Crippen molar-refractivity contribution in [3.8, 4) is 0 Å². The van der Waals surface area contributed by atoms with E-state index in [1.807, 2.05) is 42.5 Å². The lowest BCUT2D eigenvalue weighted by Crippen LogP contribution is -2.33. The van der Waals surface area contributed by atoms with E-state index in [-0.39, 0.29) is 6.17 Å². The molecule has 1 aliphatic rings. The molecule has 0 amide bonds.